The van der Waals surface area contributed by atoms with Gasteiger partial charge in [-0.15, -0.1) is 0 Å². The van der Waals surface area contributed by atoms with Gasteiger partial charge in [-0.25, -0.2) is 4.79 Å². The molecule has 0 fully saturated rings. The summed E-state index contributed by atoms with van der Waals surface area (Å²) in [4.78, 5) is 14.6. The number of urea groups is 1. The third-order valence-electron chi connectivity index (χ3n) is 2.34. The molecule has 0 saturated heterocycles. The maximum Gasteiger partial charge on any atom is 0.343 e. The number of nitrogens with one attached hydrogen (secondary N) is 1. The van der Waals surface area contributed by atoms with E-state index in [1.165, 1.54) is 0 Å². The van der Waals surface area contributed by atoms with Crippen LogP contribution in [0.15, 0.2) is 4.99 Å². The predicted molar refractivity (Wildman–Crippen MR) is 48.1 cm³/mol. The highest BCUT2D eigenvalue weighted by Gasteiger charge is 2.38. The Morgan fingerprint density at radius 3 is 2.58 bits per heavy atom. The van der Waals surface area contributed by atoms with E-state index in [9.17, 15) is 4.79 Å². The number of carbonyl (C=O) groups excluding carboxylic acids is 1. The van der Waals surface area contributed by atoms with Gasteiger partial charge in [-0.05, 0) is 12.8 Å². The smallest absolute Gasteiger partial charge is 0.343 e. The van der Waals surface area contributed by atoms with Crippen LogP contribution in [0.5, 0.6) is 0 Å². The van der Waals surface area contributed by atoms with Crippen LogP contribution in [0.4, 0.5) is 4.79 Å². The van der Waals surface area contributed by atoms with Gasteiger partial charge in [-0.1, -0.05) is 20.3 Å². The van der Waals surface area contributed by atoms with Gasteiger partial charge >= 0.3 is 6.03 Å². The Balaban J connectivity index is 2.82. The fourth-order valence-electron chi connectivity index (χ4n) is 1.58. The highest BCUT2D eigenvalue weighted by Crippen LogP contribution is 2.21. The van der Waals surface area contributed by atoms with Crippen molar-refractivity contribution in [2.24, 2.45) is 10.7 Å². The number of amides is 2. The molecule has 0 aromatic carbocycles. The third kappa shape index (κ3) is 1.29. The van der Waals surface area contributed by atoms with E-state index in [0.717, 1.165) is 19.3 Å². The molecule has 1 aliphatic heterocycles. The molecule has 0 radical (unpaired) electrons. The number of rotatable bonds is 3. The second-order valence-electron chi connectivity index (χ2n) is 3.11. The lowest BCUT2D eigenvalue weighted by atomic mass is 9.90. The lowest BCUT2D eigenvalue weighted by Crippen LogP contribution is -2.51. The van der Waals surface area contributed by atoms with Crippen molar-refractivity contribution >= 4 is 11.9 Å². The number of amidine groups is 1. The Hall–Kier alpha value is -1.06. The third-order valence-corrected chi connectivity index (χ3v) is 2.34. The van der Waals surface area contributed by atoms with E-state index in [1.54, 1.807) is 0 Å². The lowest BCUT2D eigenvalue weighted by molar-refractivity contribution is 0.244. The fourth-order valence-corrected chi connectivity index (χ4v) is 1.58. The van der Waals surface area contributed by atoms with Crippen LogP contribution in [0.2, 0.25) is 0 Å². The molecular weight excluding hydrogens is 154 g/mol. The van der Waals surface area contributed by atoms with E-state index in [0.29, 0.717) is 5.84 Å². The lowest BCUT2D eigenvalue weighted by Gasteiger charge is -2.26. The van der Waals surface area contributed by atoms with Gasteiger partial charge in [0, 0.05) is 0 Å². The van der Waals surface area contributed by atoms with Gasteiger partial charge in [0.25, 0.3) is 0 Å². The van der Waals surface area contributed by atoms with E-state index >= 15 is 0 Å². The summed E-state index contributed by atoms with van der Waals surface area (Å²) in [6.45, 7) is 4.07. The maximum absolute atomic E-state index is 10.9. The number of carbonyl (C=O) groups is 1. The second-order valence-corrected chi connectivity index (χ2v) is 3.11. The van der Waals surface area contributed by atoms with Gasteiger partial charge in [0.2, 0.25) is 0 Å². The van der Waals surface area contributed by atoms with Gasteiger partial charge in [-0.2, -0.15) is 4.99 Å². The highest BCUT2D eigenvalue weighted by atomic mass is 16.2. The predicted octanol–water partition coefficient (Wildman–Crippen LogP) is 1.02. The van der Waals surface area contributed by atoms with Gasteiger partial charge < -0.3 is 11.1 Å². The minimum Gasteiger partial charge on any atom is -0.385 e. The molecule has 1 aliphatic rings. The van der Waals surface area contributed by atoms with Crippen molar-refractivity contribution in [2.75, 3.05) is 0 Å². The Kier molecular flexibility index (Phi) is 2.35. The molecule has 0 spiro atoms. The molecule has 0 aromatic heterocycles. The van der Waals surface area contributed by atoms with Crippen LogP contribution in [0.3, 0.4) is 0 Å². The van der Waals surface area contributed by atoms with Crippen LogP contribution in [0, 0.1) is 0 Å². The molecule has 0 aromatic rings. The summed E-state index contributed by atoms with van der Waals surface area (Å²) in [6.07, 6.45) is 2.66. The van der Waals surface area contributed by atoms with E-state index in [-0.39, 0.29) is 11.6 Å². The van der Waals surface area contributed by atoms with E-state index in [1.807, 2.05) is 6.92 Å². The Labute approximate surface area is 72.2 Å². The first-order chi connectivity index (χ1) is 5.64. The highest BCUT2D eigenvalue weighted by molar-refractivity contribution is 6.05. The Morgan fingerprint density at radius 2 is 2.25 bits per heavy atom. The largest absolute Gasteiger partial charge is 0.385 e. The minimum absolute atomic E-state index is 0.303. The van der Waals surface area contributed by atoms with Crippen LogP contribution in [-0.4, -0.2) is 17.4 Å². The minimum atomic E-state index is -0.355. The molecule has 68 valence electrons. The Bertz CT molecular complexity index is 224. The molecule has 1 atom stereocenters. The summed E-state index contributed by atoms with van der Waals surface area (Å²) in [5.41, 5.74) is 5.31. The fraction of sp³-hybridized carbons (Fsp3) is 0.750. The van der Waals surface area contributed by atoms with Gasteiger partial charge in [-0.3, -0.25) is 0 Å². The summed E-state index contributed by atoms with van der Waals surface area (Å²) in [5, 5.41) is 2.80. The van der Waals surface area contributed by atoms with Crippen molar-refractivity contribution in [3.05, 3.63) is 0 Å². The topological polar surface area (TPSA) is 67.5 Å². The summed E-state index contributed by atoms with van der Waals surface area (Å²) in [5.74, 6) is 0.442. The zero-order valence-electron chi connectivity index (χ0n) is 7.55. The van der Waals surface area contributed by atoms with Crippen molar-refractivity contribution in [1.29, 1.82) is 0 Å². The average molecular weight is 169 g/mol. The molecule has 1 heterocycles. The van der Waals surface area contributed by atoms with Crippen LogP contribution in [0.25, 0.3) is 0 Å². The molecular formula is C8H15N3O. The van der Waals surface area contributed by atoms with Crippen molar-refractivity contribution in [1.82, 2.24) is 5.32 Å². The summed E-state index contributed by atoms with van der Waals surface area (Å²) in [6, 6.07) is -0.303. The molecule has 0 saturated carbocycles. The molecule has 1 unspecified atom stereocenters. The summed E-state index contributed by atoms with van der Waals surface area (Å²) in [7, 11) is 0. The van der Waals surface area contributed by atoms with Gasteiger partial charge in [0.1, 0.15) is 5.84 Å². The monoisotopic (exact) mass is 169 g/mol. The van der Waals surface area contributed by atoms with Crippen molar-refractivity contribution in [3.8, 4) is 0 Å². The zero-order valence-corrected chi connectivity index (χ0v) is 7.55. The molecule has 4 nitrogen and oxygen atoms in total. The number of nitrogens with zero attached hydrogens (tertiary/aromatic N) is 1. The van der Waals surface area contributed by atoms with Crippen LogP contribution in [-0.2, 0) is 0 Å². The summed E-state index contributed by atoms with van der Waals surface area (Å²) < 4.78 is 0. The van der Waals surface area contributed by atoms with Crippen LogP contribution in [0.1, 0.15) is 33.1 Å². The quantitative estimate of drug-likeness (QED) is 0.662. The first-order valence-electron chi connectivity index (χ1n) is 4.31. The number of hydrogen-bond donors (Lipinski definition) is 2. The second kappa shape index (κ2) is 3.13. The van der Waals surface area contributed by atoms with E-state index in [4.69, 9.17) is 5.73 Å². The standard InChI is InChI=1S/C8H15N3O/c1-3-5-8(4-2)6(9)10-7(12)11-8/h3-5H2,1-2H3,(H3,9,10,11,12). The van der Waals surface area contributed by atoms with Crippen LogP contribution >= 0.6 is 0 Å². The van der Waals surface area contributed by atoms with Gasteiger partial charge in [0.15, 0.2) is 0 Å². The molecule has 3 N–H and O–H groups in total. The molecule has 12 heavy (non-hydrogen) atoms. The molecule has 2 amide bonds. The first-order valence-corrected chi connectivity index (χ1v) is 4.31. The van der Waals surface area contributed by atoms with Crippen molar-refractivity contribution in [2.45, 2.75) is 38.6 Å². The molecule has 0 bridgehead atoms. The number of hydrogen-bond acceptors (Lipinski definition) is 2. The van der Waals surface area contributed by atoms with E-state index in [2.05, 4.69) is 17.2 Å². The van der Waals surface area contributed by atoms with Gasteiger partial charge in [0.05, 0.1) is 5.54 Å². The molecule has 1 rings (SSSR count). The van der Waals surface area contributed by atoms with Crippen molar-refractivity contribution < 1.29 is 4.79 Å². The molecule has 4 heteroatoms. The Morgan fingerprint density at radius 1 is 1.58 bits per heavy atom. The normalized spacial score (nSPS) is 28.5. The maximum atomic E-state index is 10.9. The number of aliphatic imine (C=N–C) groups is 1. The van der Waals surface area contributed by atoms with Crippen molar-refractivity contribution in [3.63, 3.8) is 0 Å². The van der Waals surface area contributed by atoms with E-state index < -0.39 is 0 Å². The SMILES string of the molecule is CCCC1(CC)NC(=O)N=C1N. The molecule has 0 aliphatic carbocycles. The van der Waals surface area contributed by atoms with Crippen LogP contribution < -0.4 is 11.1 Å². The zero-order chi connectivity index (χ0) is 9.19. The average Bonchev–Trinajstić information content (AvgIpc) is 2.28. The first kappa shape index (κ1) is 9.03. The number of nitrogens with two attached hydrogens (primary N) is 1. The summed E-state index contributed by atoms with van der Waals surface area (Å²) >= 11 is 0.